The summed E-state index contributed by atoms with van der Waals surface area (Å²) in [5.74, 6) is 0.737. The van der Waals surface area contributed by atoms with Crippen LogP contribution < -0.4 is 48.6 Å². The van der Waals surface area contributed by atoms with Gasteiger partial charge in [0.1, 0.15) is 70.3 Å². The molecule has 0 spiro atoms. The molecule has 0 radical (unpaired) electrons. The Kier molecular flexibility index (Phi) is 35.3. The first kappa shape index (κ1) is 95.1. The van der Waals surface area contributed by atoms with Crippen molar-refractivity contribution in [1.82, 2.24) is 62.8 Å². The minimum atomic E-state index is -1.10. The highest BCUT2D eigenvalue weighted by Gasteiger charge is 2.34. The quantitative estimate of drug-likeness (QED) is 0.00854. The predicted molar refractivity (Wildman–Crippen MR) is 445 cm³/mol. The van der Waals surface area contributed by atoms with Crippen molar-refractivity contribution in [1.29, 1.82) is 0 Å². The Bertz CT molecular complexity index is 4760. The maximum atomic E-state index is 12.6. The molecule has 3 aliphatic carbocycles. The zero-order valence-corrected chi connectivity index (χ0v) is 69.4. The van der Waals surface area contributed by atoms with Crippen LogP contribution in [0.3, 0.4) is 0 Å². The van der Waals surface area contributed by atoms with Crippen LogP contribution in [0.1, 0.15) is 104 Å². The molecule has 12 amide bonds. The zero-order valence-electron chi connectivity index (χ0n) is 67.8. The molecule has 646 valence electrons. The van der Waals surface area contributed by atoms with Crippen molar-refractivity contribution >= 4 is 119 Å². The van der Waals surface area contributed by atoms with Gasteiger partial charge in [0.25, 0.3) is 23.6 Å². The summed E-state index contributed by atoms with van der Waals surface area (Å²) in [6.45, 7) is 10.5. The number of carboxylic acids is 1. The fourth-order valence-corrected chi connectivity index (χ4v) is 12.4. The van der Waals surface area contributed by atoms with Crippen molar-refractivity contribution in [2.24, 2.45) is 10.9 Å². The van der Waals surface area contributed by atoms with Crippen LogP contribution in [-0.2, 0) is 76.4 Å². The number of piperazine rings is 3. The number of nitrogens with one attached hydrogen (secondary N) is 8. The van der Waals surface area contributed by atoms with E-state index in [-0.39, 0.29) is 131 Å². The van der Waals surface area contributed by atoms with Gasteiger partial charge in [0.05, 0.1) is 39.5 Å². The average Bonchev–Trinajstić information content (AvgIpc) is 1.63. The number of hydrogen-bond acceptors (Lipinski definition) is 23. The number of fused-ring (bicyclic) bond motifs is 9. The second kappa shape index (κ2) is 45.3. The number of amides is 12. The molecule has 0 aromatic heterocycles. The number of esters is 1. The van der Waals surface area contributed by atoms with Gasteiger partial charge in [-0.2, -0.15) is 5.10 Å². The predicted octanol–water partition coefficient (Wildman–Crippen LogP) is 6.78. The largest absolute Gasteiger partial charge is 0.480 e. The Balaban J connectivity index is 0.000000209. The zero-order chi connectivity index (χ0) is 88.1. The molecule has 11 N–H and O–H groups in total. The minimum absolute atomic E-state index is 0. The topological polar surface area (TPSA) is 479 Å². The standard InChI is InChI=1S/C25H29N3O7.C17H14ClNO3.C17H15NO4.C12H13N3O2.C9H15N3O4.C4H7N3O2.ClH/c1-25(2,3)35-24(32)27-28(14-22(30)33-4)21(29)13-26-23(31)34-15-20-18-11-7-5-9-16(18)17-10-6-8-12-19(17)20;18-16(20)9-19-17(21)22-10-15-13-7-3-1-5-11(13)12-6-2-4-8-14(12)15;19-16(20)9-18-17(21)22-10-15-13-7-3-1-5-11(13)12-6-2-4-8-14(12)15;1-9-2-4-10(5-3-9)6-14-15-8-11(16)13-7-12(15)17;1-9(2,3)16-8(15)11-12-5-6(13)10-4-7(12)14;5-7-2-3(8)6-1-4(7)9;/h5-12,20H,13-15H2,1-4H3,(H,26,31)(H,27,32);1-8,15H,9-10H2,(H,19,21);1-8,15H,9-10H2,(H,18,21)(H,19,20);2-6H,7-8H2,1H3,(H,13,16);4-5H2,1-3H3,(H,10,13)(H,11,15);1-2,5H2,(H,6,8);1H/b;;;14-6+;;;. The molecule has 13 rings (SSSR count). The summed E-state index contributed by atoms with van der Waals surface area (Å²) >= 11 is 5.17. The van der Waals surface area contributed by atoms with E-state index >= 15 is 0 Å². The Hall–Kier alpha value is -14.0. The molecular weight excluding hydrogens is 1630 g/mol. The number of nitrogens with zero attached hydrogens (tertiary/aromatic N) is 5. The summed E-state index contributed by atoms with van der Waals surface area (Å²) in [7, 11) is 1.15. The Labute approximate surface area is 712 Å². The van der Waals surface area contributed by atoms with E-state index in [1.165, 1.54) is 16.1 Å². The van der Waals surface area contributed by atoms with Gasteiger partial charge in [0.15, 0.2) is 0 Å². The number of ether oxygens (including phenoxy) is 6. The number of benzene rings is 7. The lowest BCUT2D eigenvalue weighted by molar-refractivity contribution is -0.148. The molecule has 36 nitrogen and oxygen atoms in total. The lowest BCUT2D eigenvalue weighted by Crippen LogP contribution is -2.58. The van der Waals surface area contributed by atoms with E-state index in [1.807, 2.05) is 153 Å². The van der Waals surface area contributed by atoms with Crippen molar-refractivity contribution in [3.8, 4) is 33.4 Å². The Morgan fingerprint density at radius 3 is 1.24 bits per heavy atom. The average molecular weight is 1720 g/mol. The molecule has 7 aromatic rings. The van der Waals surface area contributed by atoms with E-state index in [4.69, 9.17) is 46.2 Å². The Morgan fingerprint density at radius 1 is 0.500 bits per heavy atom. The molecular formula is C84H94Cl2N14O22. The highest BCUT2D eigenvalue weighted by Crippen LogP contribution is 2.47. The summed E-state index contributed by atoms with van der Waals surface area (Å²) in [5, 5.41) is 29.7. The van der Waals surface area contributed by atoms with Crippen molar-refractivity contribution in [3.05, 3.63) is 214 Å². The van der Waals surface area contributed by atoms with Gasteiger partial charge in [0.2, 0.25) is 23.0 Å². The van der Waals surface area contributed by atoms with Gasteiger partial charge in [-0.3, -0.25) is 53.0 Å². The molecule has 0 bridgehead atoms. The number of methoxy groups -OCH3 is 1. The van der Waals surface area contributed by atoms with E-state index in [9.17, 15) is 71.9 Å². The maximum Gasteiger partial charge on any atom is 0.426 e. The van der Waals surface area contributed by atoms with Gasteiger partial charge in [-0.15, -0.1) is 12.4 Å². The van der Waals surface area contributed by atoms with Crippen molar-refractivity contribution < 1.29 is 105 Å². The van der Waals surface area contributed by atoms with E-state index < -0.39 is 84.4 Å². The molecule has 0 atom stereocenters. The monoisotopic (exact) mass is 1720 g/mol. The molecule has 0 saturated carbocycles. The number of aryl methyl sites for hydroxylation is 1. The summed E-state index contributed by atoms with van der Waals surface area (Å²) in [6.07, 6.45) is -2.28. The number of hydrazone groups is 1. The SMILES string of the molecule is CC(C)(C)OC(=O)NN1CC(=O)NCC1=O.COC(=O)CN(NC(=O)OC(C)(C)C)C(=O)CNC(=O)OCC1c2ccccc2-c2ccccc21.Cc1ccc(/C=N/N2CC(=O)NCC2=O)cc1.Cl.NN1CC(=O)NCC1=O.O=C(Cl)CNC(=O)OCC1c2ccccc2-c2ccccc21.O=C(O)CNC(=O)OCC1c2ccccc2-c2ccccc21. The smallest absolute Gasteiger partial charge is 0.426 e. The van der Waals surface area contributed by atoms with Gasteiger partial charge in [0, 0.05) is 17.8 Å². The highest BCUT2D eigenvalue weighted by atomic mass is 35.5. The number of halogens is 2. The van der Waals surface area contributed by atoms with Crippen LogP contribution in [0.25, 0.3) is 33.4 Å². The third-order valence-electron chi connectivity index (χ3n) is 17.8. The number of aliphatic carboxylic acids is 1. The minimum Gasteiger partial charge on any atom is -0.480 e. The summed E-state index contributed by atoms with van der Waals surface area (Å²) in [4.78, 5) is 170. The van der Waals surface area contributed by atoms with E-state index in [2.05, 4.69) is 76.9 Å². The van der Waals surface area contributed by atoms with Gasteiger partial charge >= 0.3 is 42.4 Å². The third kappa shape index (κ3) is 29.2. The van der Waals surface area contributed by atoms with Crippen LogP contribution in [0.4, 0.5) is 24.0 Å². The van der Waals surface area contributed by atoms with Crippen molar-refractivity contribution in [3.63, 3.8) is 0 Å². The molecule has 0 unspecified atom stereocenters. The van der Waals surface area contributed by atoms with Crippen LogP contribution in [0.5, 0.6) is 0 Å². The fourth-order valence-electron chi connectivity index (χ4n) is 12.4. The van der Waals surface area contributed by atoms with Gasteiger partial charge in [-0.1, -0.05) is 175 Å². The summed E-state index contributed by atoms with van der Waals surface area (Å²) < 4.78 is 30.4. The first-order chi connectivity index (χ1) is 57.5. The van der Waals surface area contributed by atoms with Crippen LogP contribution in [-0.4, -0.2) is 224 Å². The number of alkyl carbamates (subject to hydrolysis) is 3. The van der Waals surface area contributed by atoms with Crippen molar-refractivity contribution in [2.75, 3.05) is 92.4 Å². The van der Waals surface area contributed by atoms with E-state index in [0.29, 0.717) is 5.01 Å². The number of carboxylic acid groups (broad SMARTS) is 1. The number of carbonyl (C=O) groups is 15. The van der Waals surface area contributed by atoms with Crippen molar-refractivity contribution in [2.45, 2.75) is 77.4 Å². The Morgan fingerprint density at radius 2 is 0.861 bits per heavy atom. The molecule has 38 heteroatoms. The number of nitrogens with two attached hydrogens (primary N) is 1. The lowest BCUT2D eigenvalue weighted by atomic mass is 9.98. The molecule has 122 heavy (non-hydrogen) atoms. The normalized spacial score (nSPS) is 13.9. The fraction of sp³-hybridized carbons (Fsp3) is 0.310. The van der Waals surface area contributed by atoms with Crippen LogP contribution in [0.2, 0.25) is 0 Å². The van der Waals surface area contributed by atoms with Gasteiger partial charge < -0.3 is 65.4 Å². The molecule has 3 aliphatic heterocycles. The highest BCUT2D eigenvalue weighted by molar-refractivity contribution is 6.64. The molecule has 3 heterocycles. The van der Waals surface area contributed by atoms with Crippen LogP contribution in [0.15, 0.2) is 175 Å². The molecule has 7 aromatic carbocycles. The van der Waals surface area contributed by atoms with E-state index in [1.54, 1.807) is 47.8 Å². The molecule has 6 aliphatic rings. The summed E-state index contributed by atoms with van der Waals surface area (Å²) in [5.41, 5.74) is 18.5. The van der Waals surface area contributed by atoms with Gasteiger partial charge in [-0.05, 0) is 132 Å². The molecule has 3 saturated heterocycles. The number of rotatable bonds is 17. The second-order valence-electron chi connectivity index (χ2n) is 29.0. The first-order valence-corrected chi connectivity index (χ1v) is 38.0. The van der Waals surface area contributed by atoms with Gasteiger partial charge in [-0.25, -0.2) is 55.7 Å². The van der Waals surface area contributed by atoms with Crippen LogP contribution in [0, 0.1) is 6.92 Å². The second-order valence-corrected chi connectivity index (χ2v) is 29.4. The maximum absolute atomic E-state index is 12.6. The number of hydrogen-bond donors (Lipinski definition) is 10. The third-order valence-corrected chi connectivity index (χ3v) is 17.9. The van der Waals surface area contributed by atoms with E-state index in [0.717, 1.165) is 83.9 Å². The van der Waals surface area contributed by atoms with Crippen LogP contribution >= 0.6 is 24.0 Å². The first-order valence-electron chi connectivity index (χ1n) is 37.6. The lowest BCUT2D eigenvalue weighted by Gasteiger charge is -2.28. The number of hydrazine groups is 3. The molecule has 3 fully saturated rings. The number of carbonyl (C=O) groups excluding carboxylic acids is 14. The summed E-state index contributed by atoms with van der Waals surface area (Å²) in [6, 6.07) is 55.8.